The molecule has 3 aromatic rings. The molecule has 21 heavy (non-hydrogen) atoms. The van der Waals surface area contributed by atoms with Crippen LogP contribution in [0.2, 0.25) is 0 Å². The van der Waals surface area contributed by atoms with Gasteiger partial charge < -0.3 is 4.42 Å². The zero-order valence-corrected chi connectivity index (χ0v) is 11.6. The van der Waals surface area contributed by atoms with Crippen LogP contribution in [0.3, 0.4) is 0 Å². The van der Waals surface area contributed by atoms with Crippen LogP contribution in [-0.4, -0.2) is 19.5 Å². The fourth-order valence-electron chi connectivity index (χ4n) is 3.12. The fraction of sp³-hybridized carbons (Fsp3) is 0.400. The number of furan rings is 1. The smallest absolute Gasteiger partial charge is 0.329 e. The molecule has 108 valence electrons. The number of aromatic nitrogens is 4. The van der Waals surface area contributed by atoms with Crippen LogP contribution in [0.4, 0.5) is 0 Å². The van der Waals surface area contributed by atoms with E-state index in [0.717, 1.165) is 24.1 Å². The average Bonchev–Trinajstić information content (AvgIpc) is 3.14. The van der Waals surface area contributed by atoms with Crippen LogP contribution in [0.25, 0.3) is 22.6 Å². The number of hydrogen-bond acceptors (Lipinski definition) is 4. The van der Waals surface area contributed by atoms with E-state index in [1.807, 2.05) is 6.07 Å². The molecule has 1 aliphatic carbocycles. The van der Waals surface area contributed by atoms with E-state index in [-0.39, 0.29) is 11.7 Å². The number of H-pyrrole nitrogens is 1. The highest BCUT2D eigenvalue weighted by molar-refractivity contribution is 5.70. The highest BCUT2D eigenvalue weighted by Crippen LogP contribution is 2.29. The van der Waals surface area contributed by atoms with Crippen molar-refractivity contribution in [3.63, 3.8) is 0 Å². The van der Waals surface area contributed by atoms with Gasteiger partial charge >= 0.3 is 5.69 Å². The molecule has 3 heterocycles. The second-order valence-corrected chi connectivity index (χ2v) is 5.53. The molecule has 6 nitrogen and oxygen atoms in total. The predicted molar refractivity (Wildman–Crippen MR) is 78.0 cm³/mol. The van der Waals surface area contributed by atoms with Crippen molar-refractivity contribution >= 4 is 11.3 Å². The molecule has 0 saturated heterocycles. The molecule has 1 N–H and O–H groups in total. The van der Waals surface area contributed by atoms with Gasteiger partial charge in [-0.2, -0.15) is 0 Å². The third-order valence-electron chi connectivity index (χ3n) is 4.18. The van der Waals surface area contributed by atoms with E-state index in [1.165, 1.54) is 19.3 Å². The normalized spacial score (nSPS) is 16.6. The van der Waals surface area contributed by atoms with E-state index < -0.39 is 0 Å². The Bertz CT molecular complexity index is 810. The van der Waals surface area contributed by atoms with Gasteiger partial charge in [0.05, 0.1) is 24.4 Å². The summed E-state index contributed by atoms with van der Waals surface area (Å²) in [7, 11) is 0. The first-order chi connectivity index (χ1) is 10.3. The number of rotatable bonds is 2. The molecule has 0 radical (unpaired) electrons. The SMILES string of the molecule is O=c1[nH]c2ncc(-c3ccoc3)nc2n1C1CCCCC1. The summed E-state index contributed by atoms with van der Waals surface area (Å²) >= 11 is 0. The molecule has 1 fully saturated rings. The van der Waals surface area contributed by atoms with Gasteiger partial charge in [-0.1, -0.05) is 19.3 Å². The summed E-state index contributed by atoms with van der Waals surface area (Å²) in [5.74, 6) is 0. The zero-order valence-electron chi connectivity index (χ0n) is 11.6. The third kappa shape index (κ3) is 2.07. The lowest BCUT2D eigenvalue weighted by molar-refractivity contribution is 0.352. The fourth-order valence-corrected chi connectivity index (χ4v) is 3.12. The monoisotopic (exact) mass is 284 g/mol. The van der Waals surface area contributed by atoms with Crippen molar-refractivity contribution in [2.45, 2.75) is 38.1 Å². The van der Waals surface area contributed by atoms with Crippen molar-refractivity contribution in [2.24, 2.45) is 0 Å². The first kappa shape index (κ1) is 12.4. The molecule has 0 atom stereocenters. The molecule has 1 saturated carbocycles. The molecule has 0 unspecified atom stereocenters. The van der Waals surface area contributed by atoms with Crippen LogP contribution in [0, 0.1) is 0 Å². The number of aromatic amines is 1. The van der Waals surface area contributed by atoms with Crippen molar-refractivity contribution in [1.82, 2.24) is 19.5 Å². The topological polar surface area (TPSA) is 76.7 Å². The van der Waals surface area contributed by atoms with Gasteiger partial charge in [0.15, 0.2) is 11.3 Å². The quantitative estimate of drug-likeness (QED) is 0.785. The van der Waals surface area contributed by atoms with Crippen LogP contribution in [0.1, 0.15) is 38.1 Å². The maximum atomic E-state index is 12.2. The Morgan fingerprint density at radius 1 is 1.29 bits per heavy atom. The van der Waals surface area contributed by atoms with Crippen molar-refractivity contribution in [3.8, 4) is 11.3 Å². The molecule has 1 aliphatic rings. The van der Waals surface area contributed by atoms with Crippen molar-refractivity contribution < 1.29 is 4.42 Å². The van der Waals surface area contributed by atoms with Crippen molar-refractivity contribution in [1.29, 1.82) is 0 Å². The van der Waals surface area contributed by atoms with E-state index in [2.05, 4.69) is 15.0 Å². The highest BCUT2D eigenvalue weighted by Gasteiger charge is 2.21. The summed E-state index contributed by atoms with van der Waals surface area (Å²) in [4.78, 5) is 24.0. The minimum absolute atomic E-state index is 0.110. The summed E-state index contributed by atoms with van der Waals surface area (Å²) in [6.45, 7) is 0. The summed E-state index contributed by atoms with van der Waals surface area (Å²) in [5, 5.41) is 0. The van der Waals surface area contributed by atoms with Gasteiger partial charge in [-0.05, 0) is 18.9 Å². The van der Waals surface area contributed by atoms with Crippen LogP contribution < -0.4 is 5.69 Å². The Kier molecular flexibility index (Phi) is 2.87. The summed E-state index contributed by atoms with van der Waals surface area (Å²) in [5.41, 5.74) is 2.68. The van der Waals surface area contributed by atoms with Gasteiger partial charge in [-0.15, -0.1) is 0 Å². The third-order valence-corrected chi connectivity index (χ3v) is 4.18. The van der Waals surface area contributed by atoms with Gasteiger partial charge in [0.25, 0.3) is 0 Å². The Labute approximate surface area is 120 Å². The molecule has 6 heteroatoms. The number of fused-ring (bicyclic) bond motifs is 1. The van der Waals surface area contributed by atoms with E-state index in [0.29, 0.717) is 11.3 Å². The van der Waals surface area contributed by atoms with E-state index in [1.54, 1.807) is 23.3 Å². The molecule has 0 aliphatic heterocycles. The number of nitrogens with one attached hydrogen (secondary N) is 1. The summed E-state index contributed by atoms with van der Waals surface area (Å²) in [6.07, 6.45) is 10.5. The summed E-state index contributed by atoms with van der Waals surface area (Å²) in [6, 6.07) is 2.07. The molecule has 0 bridgehead atoms. The van der Waals surface area contributed by atoms with Crippen molar-refractivity contribution in [2.75, 3.05) is 0 Å². The Morgan fingerprint density at radius 3 is 2.90 bits per heavy atom. The van der Waals surface area contributed by atoms with Crippen LogP contribution in [-0.2, 0) is 0 Å². The molecular weight excluding hydrogens is 268 g/mol. The van der Waals surface area contributed by atoms with E-state index in [9.17, 15) is 4.79 Å². The lowest BCUT2D eigenvalue weighted by Crippen LogP contribution is -2.24. The second-order valence-electron chi connectivity index (χ2n) is 5.53. The minimum Gasteiger partial charge on any atom is -0.472 e. The van der Waals surface area contributed by atoms with Crippen LogP contribution in [0.15, 0.2) is 34.0 Å². The van der Waals surface area contributed by atoms with E-state index >= 15 is 0 Å². The van der Waals surface area contributed by atoms with Gasteiger partial charge in [-0.3, -0.25) is 9.55 Å². The first-order valence-electron chi connectivity index (χ1n) is 7.33. The Morgan fingerprint density at radius 2 is 2.14 bits per heavy atom. The zero-order chi connectivity index (χ0) is 14.2. The minimum atomic E-state index is -0.110. The highest BCUT2D eigenvalue weighted by atomic mass is 16.3. The van der Waals surface area contributed by atoms with Crippen molar-refractivity contribution in [3.05, 3.63) is 35.3 Å². The van der Waals surface area contributed by atoms with E-state index in [4.69, 9.17) is 4.42 Å². The number of imidazole rings is 1. The number of nitrogens with zero attached hydrogens (tertiary/aromatic N) is 3. The van der Waals surface area contributed by atoms with Gasteiger partial charge in [0.1, 0.15) is 0 Å². The van der Waals surface area contributed by atoms with Crippen LogP contribution in [0.5, 0.6) is 0 Å². The van der Waals surface area contributed by atoms with Crippen LogP contribution >= 0.6 is 0 Å². The first-order valence-corrected chi connectivity index (χ1v) is 7.33. The summed E-state index contributed by atoms with van der Waals surface area (Å²) < 4.78 is 6.87. The lowest BCUT2D eigenvalue weighted by atomic mass is 9.95. The maximum absolute atomic E-state index is 12.2. The lowest BCUT2D eigenvalue weighted by Gasteiger charge is -2.22. The second kappa shape index (κ2) is 4.87. The molecule has 4 rings (SSSR count). The Hall–Kier alpha value is -2.37. The predicted octanol–water partition coefficient (Wildman–Crippen LogP) is 2.88. The number of hydrogen-bond donors (Lipinski definition) is 1. The standard InChI is InChI=1S/C15H16N4O2/c20-15-18-13-14(19(15)11-4-2-1-3-5-11)17-12(8-16-13)10-6-7-21-9-10/h6-9,11H,1-5H2,(H,16,18,20). The molecule has 0 amide bonds. The van der Waals surface area contributed by atoms with Gasteiger partial charge in [0.2, 0.25) is 0 Å². The largest absolute Gasteiger partial charge is 0.472 e. The van der Waals surface area contributed by atoms with Gasteiger partial charge in [-0.25, -0.2) is 14.8 Å². The Balaban J connectivity index is 1.87. The average molecular weight is 284 g/mol. The molecular formula is C15H16N4O2. The molecule has 0 aromatic carbocycles. The van der Waals surface area contributed by atoms with Gasteiger partial charge in [0, 0.05) is 11.6 Å². The molecule has 0 spiro atoms. The maximum Gasteiger partial charge on any atom is 0.329 e. The molecule has 3 aromatic heterocycles.